The Labute approximate surface area is 374 Å². The van der Waals surface area contributed by atoms with E-state index in [1.807, 2.05) is 106 Å². The number of para-hydroxylation sites is 2. The van der Waals surface area contributed by atoms with Gasteiger partial charge in [0.15, 0.2) is 16.3 Å². The quantitative estimate of drug-likeness (QED) is 0.122. The van der Waals surface area contributed by atoms with E-state index in [0.717, 1.165) is 96.3 Å². The third-order valence-electron chi connectivity index (χ3n) is 12.3. The van der Waals surface area contributed by atoms with Crippen molar-refractivity contribution in [2.75, 3.05) is 11.5 Å². The number of nitrogen functional groups attached to an aromatic ring is 2. The molecule has 0 aliphatic heterocycles. The van der Waals surface area contributed by atoms with Crippen molar-refractivity contribution in [3.8, 4) is 22.5 Å². The van der Waals surface area contributed by atoms with Gasteiger partial charge in [0.2, 0.25) is 5.78 Å². The molecule has 2 aliphatic rings. The van der Waals surface area contributed by atoms with Gasteiger partial charge in [-0.05, 0) is 55.5 Å². The van der Waals surface area contributed by atoms with Crippen molar-refractivity contribution >= 4 is 82.6 Å². The molecule has 318 valence electrons. The molecule has 0 spiro atoms. The number of aromatic nitrogens is 10. The van der Waals surface area contributed by atoms with Crippen LogP contribution in [0.15, 0.2) is 110 Å². The van der Waals surface area contributed by atoms with Gasteiger partial charge in [-0.25, -0.2) is 39.3 Å². The smallest absolute Gasteiger partial charge is 0.221 e. The molecule has 1 atom stereocenters. The van der Waals surface area contributed by atoms with Gasteiger partial charge in [-0.3, -0.25) is 4.79 Å². The lowest BCUT2D eigenvalue weighted by Gasteiger charge is -2.10. The molecule has 0 bridgehead atoms. The molecule has 2 aliphatic carbocycles. The summed E-state index contributed by atoms with van der Waals surface area (Å²) in [4.78, 5) is 39.5. The predicted octanol–water partition coefficient (Wildman–Crippen LogP) is 9.91. The minimum atomic E-state index is -0.775. The summed E-state index contributed by atoms with van der Waals surface area (Å²) in [5, 5.41) is 23.5. The summed E-state index contributed by atoms with van der Waals surface area (Å²) in [7, 11) is 0. The third kappa shape index (κ3) is 7.22. The van der Waals surface area contributed by atoms with Crippen LogP contribution in [0.1, 0.15) is 95.5 Å². The van der Waals surface area contributed by atoms with Crippen LogP contribution in [0, 0.1) is 0 Å². The average Bonchev–Trinajstić information content (AvgIpc) is 4.20. The molecule has 2 saturated carbocycles. The van der Waals surface area contributed by atoms with Gasteiger partial charge >= 0.3 is 0 Å². The molecule has 0 saturated heterocycles. The van der Waals surface area contributed by atoms with E-state index in [1.54, 1.807) is 0 Å². The number of hydrogen-bond donors (Lipinski definition) is 3. The lowest BCUT2D eigenvalue weighted by Crippen LogP contribution is -2.07. The highest BCUT2D eigenvalue weighted by molar-refractivity contribution is 7.20. The van der Waals surface area contributed by atoms with Crippen molar-refractivity contribution in [3.05, 3.63) is 131 Å². The van der Waals surface area contributed by atoms with Crippen molar-refractivity contribution in [3.63, 3.8) is 0 Å². The summed E-state index contributed by atoms with van der Waals surface area (Å²) in [6, 6.07) is 31.6. The van der Waals surface area contributed by atoms with Crippen LogP contribution < -0.4 is 11.5 Å². The summed E-state index contributed by atoms with van der Waals surface area (Å²) < 4.78 is 6.11. The number of aliphatic hydroxyl groups is 1. The Hall–Kier alpha value is -7.01. The first kappa shape index (κ1) is 39.8. The number of rotatable bonds is 8. The molecule has 6 heterocycles. The number of carbonyl (C=O) groups is 1. The van der Waals surface area contributed by atoms with Crippen molar-refractivity contribution < 1.29 is 9.90 Å². The van der Waals surface area contributed by atoms with Crippen LogP contribution in [0.2, 0.25) is 0 Å². The zero-order valence-electron chi connectivity index (χ0n) is 34.6. The summed E-state index contributed by atoms with van der Waals surface area (Å²) in [6.07, 6.45) is 11.4. The first-order valence-corrected chi connectivity index (χ1v) is 23.1. The summed E-state index contributed by atoms with van der Waals surface area (Å²) in [6.45, 7) is 0. The second kappa shape index (κ2) is 16.6. The number of nitrogens with two attached hydrogens (primary N) is 2. The Kier molecular flexibility index (Phi) is 10.3. The van der Waals surface area contributed by atoms with E-state index in [0.29, 0.717) is 39.3 Å². The lowest BCUT2D eigenvalue weighted by molar-refractivity contribution is 0.103. The highest BCUT2D eigenvalue weighted by Gasteiger charge is 2.27. The maximum Gasteiger partial charge on any atom is 0.221 e. The lowest BCUT2D eigenvalue weighted by atomic mass is 10.0. The number of benzene rings is 4. The number of anilines is 2. The summed E-state index contributed by atoms with van der Waals surface area (Å²) in [5.41, 5.74) is 20.5. The normalized spacial score (nSPS) is 15.1. The Bertz CT molecular complexity index is 3260. The fourth-order valence-corrected chi connectivity index (χ4v) is 11.0. The maximum absolute atomic E-state index is 13.0. The van der Waals surface area contributed by atoms with Gasteiger partial charge in [-0.15, -0.1) is 22.7 Å². The zero-order valence-corrected chi connectivity index (χ0v) is 36.2. The van der Waals surface area contributed by atoms with Crippen molar-refractivity contribution in [1.82, 2.24) is 49.5 Å². The van der Waals surface area contributed by atoms with E-state index < -0.39 is 6.10 Å². The highest BCUT2D eigenvalue weighted by atomic mass is 32.1. The number of fused-ring (bicyclic) bond motifs is 4. The molecule has 6 aromatic heterocycles. The van der Waals surface area contributed by atoms with Crippen LogP contribution in [0.5, 0.6) is 0 Å². The Morgan fingerprint density at radius 1 is 0.609 bits per heavy atom. The van der Waals surface area contributed by atoms with E-state index in [9.17, 15) is 9.90 Å². The molecule has 2 fully saturated rings. The molecule has 64 heavy (non-hydrogen) atoms. The molecule has 10 aromatic rings. The molecule has 5 N–H and O–H groups in total. The number of nitrogens with zero attached hydrogens (tertiary/aromatic N) is 10. The molecule has 0 radical (unpaired) electrons. The molecule has 0 amide bonds. The Morgan fingerprint density at radius 3 is 1.61 bits per heavy atom. The van der Waals surface area contributed by atoms with Gasteiger partial charge in [0, 0.05) is 16.7 Å². The van der Waals surface area contributed by atoms with Crippen LogP contribution in [-0.4, -0.2) is 60.4 Å². The van der Waals surface area contributed by atoms with Crippen LogP contribution in [0.3, 0.4) is 0 Å². The van der Waals surface area contributed by atoms with Crippen LogP contribution in [0.25, 0.3) is 65.0 Å². The molecular formula is C48H42N12O2S2. The van der Waals surface area contributed by atoms with Gasteiger partial charge < -0.3 is 16.6 Å². The van der Waals surface area contributed by atoms with Gasteiger partial charge in [-0.1, -0.05) is 98.5 Å². The zero-order chi connectivity index (χ0) is 43.3. The molecule has 12 rings (SSSR count). The van der Waals surface area contributed by atoms with Gasteiger partial charge in [0.05, 0.1) is 43.3 Å². The fraction of sp³-hybridized carbons (Fsp3) is 0.229. The van der Waals surface area contributed by atoms with Crippen LogP contribution >= 0.6 is 22.7 Å². The maximum atomic E-state index is 13.0. The second-order valence-corrected chi connectivity index (χ2v) is 18.4. The van der Waals surface area contributed by atoms with Crippen molar-refractivity contribution in [2.45, 2.75) is 69.6 Å². The largest absolute Gasteiger partial charge is 0.383 e. The van der Waals surface area contributed by atoms with E-state index in [-0.39, 0.29) is 5.78 Å². The van der Waals surface area contributed by atoms with Gasteiger partial charge in [0.25, 0.3) is 0 Å². The monoisotopic (exact) mass is 882 g/mol. The van der Waals surface area contributed by atoms with Crippen molar-refractivity contribution in [2.24, 2.45) is 0 Å². The predicted molar refractivity (Wildman–Crippen MR) is 252 cm³/mol. The standard InChI is InChI=1S/C24H22N6OS.C24H20N6OS/c2*25-22-19-20(29-30(16-5-1-2-6-16)23(19)27-13-26-22)14-9-11-15(12-10-14)21(31)24-28-17-7-3-4-8-18(17)32-24/h3-4,7-13,16,21,31H,1-2,5-6H2,(H2,25,26,27);3-4,7-13,16H,1-2,5-6H2,(H2,25,26,27). The van der Waals surface area contributed by atoms with Crippen LogP contribution in [-0.2, 0) is 0 Å². The molecule has 1 unspecified atom stereocenters. The molecule has 4 aromatic carbocycles. The fourth-order valence-electron chi connectivity index (χ4n) is 9.05. The molecule has 16 heteroatoms. The Morgan fingerprint density at radius 2 is 1.09 bits per heavy atom. The minimum Gasteiger partial charge on any atom is -0.383 e. The Balaban J connectivity index is 0.000000143. The first-order valence-electron chi connectivity index (χ1n) is 21.5. The van der Waals surface area contributed by atoms with Crippen LogP contribution in [0.4, 0.5) is 11.6 Å². The van der Waals surface area contributed by atoms with Gasteiger partial charge in [-0.2, -0.15) is 10.2 Å². The first-order chi connectivity index (χ1) is 31.4. The van der Waals surface area contributed by atoms with E-state index in [4.69, 9.17) is 21.7 Å². The molecule has 14 nitrogen and oxygen atoms in total. The molecular weight excluding hydrogens is 841 g/mol. The SMILES string of the molecule is Nc1ncnc2c1c(-c1ccc(C(=O)c3nc4ccccc4s3)cc1)nn2C1CCCC1.Nc1ncnc2c1c(-c1ccc(C(O)c3nc4ccccc4s3)cc1)nn2C1CCCC1. The summed E-state index contributed by atoms with van der Waals surface area (Å²) in [5.74, 6) is 0.777. The summed E-state index contributed by atoms with van der Waals surface area (Å²) >= 11 is 2.92. The number of carbonyl (C=O) groups excluding carboxylic acids is 1. The number of hydrogen-bond acceptors (Lipinski definition) is 14. The number of ketones is 1. The number of thiazole rings is 2. The van der Waals surface area contributed by atoms with E-state index >= 15 is 0 Å². The van der Waals surface area contributed by atoms with E-state index in [2.05, 4.69) is 29.9 Å². The third-order valence-corrected chi connectivity index (χ3v) is 14.5. The minimum absolute atomic E-state index is 0.0815. The van der Waals surface area contributed by atoms with Crippen molar-refractivity contribution in [1.29, 1.82) is 0 Å². The number of aliphatic hydroxyl groups excluding tert-OH is 1. The average molecular weight is 883 g/mol. The second-order valence-electron chi connectivity index (χ2n) is 16.3. The topological polar surface area (TPSA) is 202 Å². The highest BCUT2D eigenvalue weighted by Crippen LogP contribution is 2.39. The van der Waals surface area contributed by atoms with E-state index in [1.165, 1.54) is 61.0 Å². The van der Waals surface area contributed by atoms with Gasteiger partial charge in [0.1, 0.15) is 46.8 Å².